The first-order valence-electron chi connectivity index (χ1n) is 4.62. The Balaban J connectivity index is 1.94. The second-order valence-electron chi connectivity index (χ2n) is 3.40. The summed E-state index contributed by atoms with van der Waals surface area (Å²) in [4.78, 5) is 0. The SMILES string of the molecule is Clc1ccc(NSC2CCC2)c(Cl)c1. The lowest BCUT2D eigenvalue weighted by molar-refractivity contribution is 0.523. The van der Waals surface area contributed by atoms with E-state index in [4.69, 9.17) is 23.2 Å². The highest BCUT2D eigenvalue weighted by Crippen LogP contribution is 2.34. The minimum atomic E-state index is 0.675. The van der Waals surface area contributed by atoms with Gasteiger partial charge in [-0.1, -0.05) is 29.6 Å². The van der Waals surface area contributed by atoms with Crippen LogP contribution in [-0.2, 0) is 0 Å². The number of hydrogen-bond donors (Lipinski definition) is 1. The molecule has 0 saturated heterocycles. The van der Waals surface area contributed by atoms with E-state index in [-0.39, 0.29) is 0 Å². The molecular weight excluding hydrogens is 237 g/mol. The van der Waals surface area contributed by atoms with Crippen molar-refractivity contribution in [1.82, 2.24) is 0 Å². The molecule has 1 aliphatic rings. The van der Waals surface area contributed by atoms with Gasteiger partial charge in [0.2, 0.25) is 0 Å². The van der Waals surface area contributed by atoms with Crippen LogP contribution in [0.1, 0.15) is 19.3 Å². The highest BCUT2D eigenvalue weighted by Gasteiger charge is 2.18. The zero-order valence-corrected chi connectivity index (χ0v) is 9.92. The van der Waals surface area contributed by atoms with Gasteiger partial charge in [0, 0.05) is 10.3 Å². The molecule has 0 spiro atoms. The smallest absolute Gasteiger partial charge is 0.0660 e. The summed E-state index contributed by atoms with van der Waals surface area (Å²) in [7, 11) is 0. The van der Waals surface area contributed by atoms with E-state index in [1.165, 1.54) is 19.3 Å². The second kappa shape index (κ2) is 4.65. The van der Waals surface area contributed by atoms with E-state index >= 15 is 0 Å². The van der Waals surface area contributed by atoms with Crippen molar-refractivity contribution in [2.75, 3.05) is 4.72 Å². The molecule has 0 aliphatic heterocycles. The molecule has 0 atom stereocenters. The molecule has 1 aromatic rings. The molecular formula is C10H11Cl2NS. The summed E-state index contributed by atoms with van der Waals surface area (Å²) >= 11 is 13.6. The Morgan fingerprint density at radius 1 is 1.29 bits per heavy atom. The molecule has 2 rings (SSSR count). The minimum Gasteiger partial charge on any atom is -0.328 e. The number of rotatable bonds is 3. The van der Waals surface area contributed by atoms with E-state index in [0.717, 1.165) is 10.9 Å². The summed E-state index contributed by atoms with van der Waals surface area (Å²) in [6.07, 6.45) is 3.97. The van der Waals surface area contributed by atoms with Gasteiger partial charge in [-0.25, -0.2) is 0 Å². The molecule has 1 saturated carbocycles. The maximum atomic E-state index is 6.01. The number of hydrogen-bond acceptors (Lipinski definition) is 2. The average molecular weight is 248 g/mol. The molecule has 76 valence electrons. The Morgan fingerprint density at radius 2 is 2.07 bits per heavy atom. The number of halogens is 2. The number of nitrogens with one attached hydrogen (secondary N) is 1. The van der Waals surface area contributed by atoms with Crippen LogP contribution in [0.4, 0.5) is 5.69 Å². The van der Waals surface area contributed by atoms with Gasteiger partial charge >= 0.3 is 0 Å². The third-order valence-electron chi connectivity index (χ3n) is 2.32. The summed E-state index contributed by atoms with van der Waals surface area (Å²) in [6, 6.07) is 5.51. The Hall–Kier alpha value is -0.0500. The molecule has 0 radical (unpaired) electrons. The van der Waals surface area contributed by atoms with Gasteiger partial charge in [-0.05, 0) is 43.0 Å². The Kier molecular flexibility index (Phi) is 3.47. The maximum absolute atomic E-state index is 6.01. The van der Waals surface area contributed by atoms with E-state index in [1.807, 2.05) is 12.1 Å². The summed E-state index contributed by atoms with van der Waals surface area (Å²) in [5, 5.41) is 2.11. The van der Waals surface area contributed by atoms with Gasteiger partial charge in [0.05, 0.1) is 10.7 Å². The van der Waals surface area contributed by atoms with Crippen LogP contribution in [0.15, 0.2) is 18.2 Å². The average Bonchev–Trinajstić information content (AvgIpc) is 2.05. The lowest BCUT2D eigenvalue weighted by Crippen LogP contribution is -2.15. The summed E-state index contributed by atoms with van der Waals surface area (Å²) < 4.78 is 3.27. The van der Waals surface area contributed by atoms with Gasteiger partial charge < -0.3 is 4.72 Å². The van der Waals surface area contributed by atoms with Crippen LogP contribution < -0.4 is 4.72 Å². The molecule has 1 nitrogen and oxygen atoms in total. The van der Waals surface area contributed by atoms with Crippen molar-refractivity contribution in [1.29, 1.82) is 0 Å². The first-order valence-corrected chi connectivity index (χ1v) is 6.26. The summed E-state index contributed by atoms with van der Waals surface area (Å²) in [5.41, 5.74) is 0.952. The van der Waals surface area contributed by atoms with E-state index in [9.17, 15) is 0 Å². The zero-order valence-electron chi connectivity index (χ0n) is 7.59. The van der Waals surface area contributed by atoms with Crippen molar-refractivity contribution in [3.8, 4) is 0 Å². The van der Waals surface area contributed by atoms with Gasteiger partial charge in [0.25, 0.3) is 0 Å². The molecule has 1 aliphatic carbocycles. The fourth-order valence-corrected chi connectivity index (χ4v) is 2.76. The first kappa shape index (κ1) is 10.5. The van der Waals surface area contributed by atoms with Crippen molar-refractivity contribution in [2.24, 2.45) is 0 Å². The normalized spacial score (nSPS) is 16.4. The van der Waals surface area contributed by atoms with Gasteiger partial charge in [-0.2, -0.15) is 0 Å². The molecule has 0 bridgehead atoms. The molecule has 1 fully saturated rings. The Labute approximate surface area is 98.3 Å². The molecule has 0 amide bonds. The van der Waals surface area contributed by atoms with Gasteiger partial charge in [-0.3, -0.25) is 0 Å². The van der Waals surface area contributed by atoms with Crippen LogP contribution in [-0.4, -0.2) is 5.25 Å². The van der Waals surface area contributed by atoms with Crippen molar-refractivity contribution >= 4 is 40.8 Å². The molecule has 4 heteroatoms. The fourth-order valence-electron chi connectivity index (χ4n) is 1.21. The lowest BCUT2D eigenvalue weighted by Gasteiger charge is -2.24. The Bertz CT molecular complexity index is 326. The zero-order chi connectivity index (χ0) is 9.97. The minimum absolute atomic E-state index is 0.675. The van der Waals surface area contributed by atoms with Crippen molar-refractivity contribution in [3.63, 3.8) is 0 Å². The number of anilines is 1. The summed E-state index contributed by atoms with van der Waals surface area (Å²) in [6.45, 7) is 0. The predicted molar refractivity (Wildman–Crippen MR) is 65.3 cm³/mol. The van der Waals surface area contributed by atoms with Crippen LogP contribution >= 0.6 is 35.1 Å². The Morgan fingerprint density at radius 3 is 2.64 bits per heavy atom. The number of benzene rings is 1. The predicted octanol–water partition coefficient (Wildman–Crippen LogP) is 4.61. The molecule has 0 unspecified atom stereocenters. The largest absolute Gasteiger partial charge is 0.328 e. The van der Waals surface area contributed by atoms with Gasteiger partial charge in [0.1, 0.15) is 0 Å². The third-order valence-corrected chi connectivity index (χ3v) is 4.01. The third kappa shape index (κ3) is 2.50. The maximum Gasteiger partial charge on any atom is 0.0660 e. The van der Waals surface area contributed by atoms with Crippen molar-refractivity contribution in [3.05, 3.63) is 28.2 Å². The first-order chi connectivity index (χ1) is 6.75. The standard InChI is InChI=1S/C10H11Cl2NS/c11-7-4-5-10(9(12)6-7)13-14-8-2-1-3-8/h4-6,8,13H,1-3H2. The van der Waals surface area contributed by atoms with Crippen LogP contribution in [0.2, 0.25) is 10.0 Å². The van der Waals surface area contributed by atoms with Crippen LogP contribution in [0, 0.1) is 0 Å². The summed E-state index contributed by atoms with van der Waals surface area (Å²) in [5.74, 6) is 0. The second-order valence-corrected chi connectivity index (χ2v) is 5.35. The van der Waals surface area contributed by atoms with E-state index in [0.29, 0.717) is 10.0 Å². The van der Waals surface area contributed by atoms with E-state index in [1.54, 1.807) is 18.0 Å². The molecule has 14 heavy (non-hydrogen) atoms. The van der Waals surface area contributed by atoms with Crippen LogP contribution in [0.5, 0.6) is 0 Å². The topological polar surface area (TPSA) is 12.0 Å². The molecule has 1 aromatic carbocycles. The fraction of sp³-hybridized carbons (Fsp3) is 0.400. The highest BCUT2D eigenvalue weighted by molar-refractivity contribution is 8.01. The van der Waals surface area contributed by atoms with Crippen LogP contribution in [0.3, 0.4) is 0 Å². The van der Waals surface area contributed by atoms with Gasteiger partial charge in [-0.15, -0.1) is 0 Å². The van der Waals surface area contributed by atoms with E-state index in [2.05, 4.69) is 4.72 Å². The van der Waals surface area contributed by atoms with Crippen LogP contribution in [0.25, 0.3) is 0 Å². The monoisotopic (exact) mass is 247 g/mol. The van der Waals surface area contributed by atoms with Crippen molar-refractivity contribution in [2.45, 2.75) is 24.5 Å². The highest BCUT2D eigenvalue weighted by atomic mass is 35.5. The molecule has 0 aromatic heterocycles. The molecule has 0 heterocycles. The lowest BCUT2D eigenvalue weighted by atomic mass is 10.0. The van der Waals surface area contributed by atoms with Gasteiger partial charge in [0.15, 0.2) is 0 Å². The van der Waals surface area contributed by atoms with Crippen molar-refractivity contribution < 1.29 is 0 Å². The quantitative estimate of drug-likeness (QED) is 0.784. The molecule has 1 N–H and O–H groups in total. The van der Waals surface area contributed by atoms with E-state index < -0.39 is 0 Å².